The quantitative estimate of drug-likeness (QED) is 0.618. The summed E-state index contributed by atoms with van der Waals surface area (Å²) in [4.78, 5) is 11.4. The molecule has 1 aromatic rings. The molecule has 106 valence electrons. The Kier molecular flexibility index (Phi) is 7.62. The fourth-order valence-electron chi connectivity index (χ4n) is 1.52. The predicted molar refractivity (Wildman–Crippen MR) is 75.8 cm³/mol. The number of carbonyl (C=O) groups is 1. The number of amides is 1. The molecule has 5 nitrogen and oxygen atoms in total. The van der Waals surface area contributed by atoms with E-state index >= 15 is 0 Å². The summed E-state index contributed by atoms with van der Waals surface area (Å²) in [7, 11) is 0. The van der Waals surface area contributed by atoms with Crippen LogP contribution in [0.2, 0.25) is 0 Å². The van der Waals surface area contributed by atoms with Gasteiger partial charge < -0.3 is 21.1 Å². The molecule has 4 N–H and O–H groups in total. The van der Waals surface area contributed by atoms with Crippen LogP contribution in [0.3, 0.4) is 0 Å². The Morgan fingerprint density at radius 2 is 2.05 bits per heavy atom. The zero-order chi connectivity index (χ0) is 13.9. The topological polar surface area (TPSA) is 76.4 Å². The first-order valence-electron chi connectivity index (χ1n) is 6.63. The van der Waals surface area contributed by atoms with Crippen LogP contribution in [0.25, 0.3) is 0 Å². The van der Waals surface area contributed by atoms with E-state index in [9.17, 15) is 4.79 Å². The molecule has 0 saturated heterocycles. The van der Waals surface area contributed by atoms with Crippen molar-refractivity contribution in [2.75, 3.05) is 19.6 Å². The zero-order valence-corrected chi connectivity index (χ0v) is 11.4. The first kappa shape index (κ1) is 15.5. The number of rotatable bonds is 8. The maximum Gasteiger partial charge on any atom is 0.407 e. The molecule has 0 saturated carbocycles. The molecule has 1 amide bonds. The molecular weight excluding hydrogens is 242 g/mol. The molecule has 1 rings (SSSR count). The van der Waals surface area contributed by atoms with Crippen LogP contribution < -0.4 is 16.4 Å². The lowest BCUT2D eigenvalue weighted by Gasteiger charge is -2.13. The van der Waals surface area contributed by atoms with Gasteiger partial charge in [-0.05, 0) is 18.5 Å². The minimum Gasteiger partial charge on any atom is -0.445 e. The van der Waals surface area contributed by atoms with E-state index in [0.717, 1.165) is 18.5 Å². The Balaban J connectivity index is 2.11. The second kappa shape index (κ2) is 9.35. The fourth-order valence-corrected chi connectivity index (χ4v) is 1.52. The van der Waals surface area contributed by atoms with Gasteiger partial charge in [-0.3, -0.25) is 0 Å². The van der Waals surface area contributed by atoms with Gasteiger partial charge in [0, 0.05) is 19.1 Å². The van der Waals surface area contributed by atoms with Gasteiger partial charge in [0.25, 0.3) is 0 Å². The van der Waals surface area contributed by atoms with E-state index in [1.165, 1.54) is 0 Å². The summed E-state index contributed by atoms with van der Waals surface area (Å²) in [5.41, 5.74) is 6.80. The summed E-state index contributed by atoms with van der Waals surface area (Å²) in [6, 6.07) is 9.46. The third kappa shape index (κ3) is 7.43. The largest absolute Gasteiger partial charge is 0.445 e. The molecule has 19 heavy (non-hydrogen) atoms. The van der Waals surface area contributed by atoms with Gasteiger partial charge in [0.2, 0.25) is 0 Å². The number of hydrogen-bond donors (Lipinski definition) is 3. The highest BCUT2D eigenvalue weighted by Crippen LogP contribution is 2.00. The normalized spacial score (nSPS) is 11.9. The average molecular weight is 265 g/mol. The third-order valence-corrected chi connectivity index (χ3v) is 2.55. The lowest BCUT2D eigenvalue weighted by atomic mass is 10.2. The van der Waals surface area contributed by atoms with E-state index in [1.54, 1.807) is 0 Å². The van der Waals surface area contributed by atoms with Crippen LogP contribution in [-0.4, -0.2) is 31.8 Å². The predicted octanol–water partition coefficient (Wildman–Crippen LogP) is 1.24. The molecule has 0 aromatic heterocycles. The molecule has 0 heterocycles. The van der Waals surface area contributed by atoms with Crippen molar-refractivity contribution in [1.82, 2.24) is 10.6 Å². The highest BCUT2D eigenvalue weighted by atomic mass is 16.5. The van der Waals surface area contributed by atoms with Gasteiger partial charge in [0.05, 0.1) is 0 Å². The van der Waals surface area contributed by atoms with Gasteiger partial charge >= 0.3 is 6.09 Å². The number of nitrogens with one attached hydrogen (secondary N) is 2. The zero-order valence-electron chi connectivity index (χ0n) is 11.4. The molecule has 0 fully saturated rings. The maximum atomic E-state index is 11.4. The van der Waals surface area contributed by atoms with Crippen LogP contribution in [-0.2, 0) is 11.3 Å². The van der Waals surface area contributed by atoms with Gasteiger partial charge in [0.1, 0.15) is 6.61 Å². The molecule has 1 aromatic carbocycles. The number of alkyl carbamates (subject to hydrolysis) is 1. The van der Waals surface area contributed by atoms with Crippen molar-refractivity contribution < 1.29 is 9.53 Å². The second-order valence-electron chi connectivity index (χ2n) is 4.41. The Bertz CT molecular complexity index is 357. The summed E-state index contributed by atoms with van der Waals surface area (Å²) in [6.07, 6.45) is 0.633. The number of benzene rings is 1. The second-order valence-corrected chi connectivity index (χ2v) is 4.41. The lowest BCUT2D eigenvalue weighted by molar-refractivity contribution is 0.139. The Morgan fingerprint density at radius 3 is 2.74 bits per heavy atom. The number of ether oxygens (including phenoxy) is 1. The van der Waals surface area contributed by atoms with E-state index in [-0.39, 0.29) is 12.6 Å². The molecule has 5 heteroatoms. The van der Waals surface area contributed by atoms with Gasteiger partial charge in [-0.1, -0.05) is 37.3 Å². The summed E-state index contributed by atoms with van der Waals surface area (Å²) < 4.78 is 5.08. The van der Waals surface area contributed by atoms with E-state index in [1.807, 2.05) is 30.3 Å². The highest BCUT2D eigenvalue weighted by molar-refractivity contribution is 5.67. The number of carbonyl (C=O) groups excluding carboxylic acids is 1. The van der Waals surface area contributed by atoms with Gasteiger partial charge in [-0.15, -0.1) is 0 Å². The molecule has 0 aliphatic heterocycles. The molecule has 1 atom stereocenters. The Labute approximate surface area is 114 Å². The van der Waals surface area contributed by atoms with Crippen molar-refractivity contribution in [3.8, 4) is 0 Å². The van der Waals surface area contributed by atoms with Crippen LogP contribution in [0.4, 0.5) is 4.79 Å². The standard InChI is InChI=1S/C14H23N3O2/c1-2-8-16-9-13(15)10-17-14(18)19-11-12-6-4-3-5-7-12/h3-7,13,16H,2,8-11,15H2,1H3,(H,17,18). The number of hydrogen-bond acceptors (Lipinski definition) is 4. The van der Waals surface area contributed by atoms with E-state index in [0.29, 0.717) is 13.1 Å². The van der Waals surface area contributed by atoms with Gasteiger partial charge in [-0.25, -0.2) is 4.79 Å². The molecular formula is C14H23N3O2. The third-order valence-electron chi connectivity index (χ3n) is 2.55. The van der Waals surface area contributed by atoms with Crippen molar-refractivity contribution >= 4 is 6.09 Å². The van der Waals surface area contributed by atoms with Crippen molar-refractivity contribution in [2.24, 2.45) is 5.73 Å². The summed E-state index contributed by atoms with van der Waals surface area (Å²) in [5, 5.41) is 5.85. The van der Waals surface area contributed by atoms with E-state index in [4.69, 9.17) is 10.5 Å². The molecule has 0 radical (unpaired) electrons. The van der Waals surface area contributed by atoms with Crippen LogP contribution in [0, 0.1) is 0 Å². The smallest absolute Gasteiger partial charge is 0.407 e. The van der Waals surface area contributed by atoms with Crippen LogP contribution in [0.15, 0.2) is 30.3 Å². The number of nitrogens with two attached hydrogens (primary N) is 1. The Morgan fingerprint density at radius 1 is 1.32 bits per heavy atom. The lowest BCUT2D eigenvalue weighted by Crippen LogP contribution is -2.43. The summed E-state index contributed by atoms with van der Waals surface area (Å²) >= 11 is 0. The molecule has 1 unspecified atom stereocenters. The van der Waals surface area contributed by atoms with E-state index in [2.05, 4.69) is 17.6 Å². The molecule has 0 aliphatic carbocycles. The van der Waals surface area contributed by atoms with Gasteiger partial charge in [-0.2, -0.15) is 0 Å². The Hall–Kier alpha value is -1.59. The van der Waals surface area contributed by atoms with Crippen molar-refractivity contribution in [2.45, 2.75) is 26.0 Å². The van der Waals surface area contributed by atoms with Crippen molar-refractivity contribution in [3.05, 3.63) is 35.9 Å². The minimum absolute atomic E-state index is 0.101. The minimum atomic E-state index is -0.435. The highest BCUT2D eigenvalue weighted by Gasteiger charge is 2.06. The van der Waals surface area contributed by atoms with Crippen LogP contribution in [0.1, 0.15) is 18.9 Å². The SMILES string of the molecule is CCCNCC(N)CNC(=O)OCc1ccccc1. The summed E-state index contributed by atoms with van der Waals surface area (Å²) in [5.74, 6) is 0. The van der Waals surface area contributed by atoms with Crippen LogP contribution >= 0.6 is 0 Å². The summed E-state index contributed by atoms with van der Waals surface area (Å²) in [6.45, 7) is 4.40. The molecule has 0 spiro atoms. The van der Waals surface area contributed by atoms with Crippen molar-refractivity contribution in [3.63, 3.8) is 0 Å². The fraction of sp³-hybridized carbons (Fsp3) is 0.500. The maximum absolute atomic E-state index is 11.4. The first-order valence-corrected chi connectivity index (χ1v) is 6.63. The first-order chi connectivity index (χ1) is 9.22. The monoisotopic (exact) mass is 265 g/mol. The average Bonchev–Trinajstić information content (AvgIpc) is 2.44. The van der Waals surface area contributed by atoms with Crippen LogP contribution in [0.5, 0.6) is 0 Å². The molecule has 0 aliphatic rings. The molecule has 0 bridgehead atoms. The van der Waals surface area contributed by atoms with Gasteiger partial charge in [0.15, 0.2) is 0 Å². The van der Waals surface area contributed by atoms with E-state index < -0.39 is 6.09 Å². The van der Waals surface area contributed by atoms with Crippen molar-refractivity contribution in [1.29, 1.82) is 0 Å².